The molecule has 24 heavy (non-hydrogen) atoms. The fraction of sp³-hybridized carbons (Fsp3) is 0.412. The molecular formula is C17H22N4O2S. The lowest BCUT2D eigenvalue weighted by atomic mass is 9.96. The largest absolute Gasteiger partial charge is 0.368 e. The number of benzene rings is 1. The number of nitrogens with zero attached hydrogens (tertiary/aromatic N) is 2. The number of nitrogen functional groups attached to an aromatic ring is 1. The summed E-state index contributed by atoms with van der Waals surface area (Å²) in [5.41, 5.74) is 9.01. The lowest BCUT2D eigenvalue weighted by molar-refractivity contribution is 0.602. The third-order valence-electron chi connectivity index (χ3n) is 4.36. The van der Waals surface area contributed by atoms with E-state index in [1.54, 1.807) is 12.1 Å². The molecule has 0 unspecified atom stereocenters. The van der Waals surface area contributed by atoms with Crippen molar-refractivity contribution in [1.82, 2.24) is 9.97 Å². The second kappa shape index (κ2) is 6.39. The van der Waals surface area contributed by atoms with Crippen LogP contribution in [0.25, 0.3) is 0 Å². The van der Waals surface area contributed by atoms with E-state index in [4.69, 9.17) is 5.73 Å². The van der Waals surface area contributed by atoms with E-state index in [1.807, 2.05) is 19.1 Å². The van der Waals surface area contributed by atoms with E-state index >= 15 is 0 Å². The highest BCUT2D eigenvalue weighted by molar-refractivity contribution is 7.90. The third-order valence-corrected chi connectivity index (χ3v) is 5.49. The average molecular weight is 346 g/mol. The van der Waals surface area contributed by atoms with Gasteiger partial charge in [0.2, 0.25) is 5.95 Å². The second-order valence-corrected chi connectivity index (χ2v) is 8.29. The molecule has 3 N–H and O–H groups in total. The molecule has 7 heteroatoms. The summed E-state index contributed by atoms with van der Waals surface area (Å²) < 4.78 is 23.1. The van der Waals surface area contributed by atoms with E-state index in [0.29, 0.717) is 4.90 Å². The van der Waals surface area contributed by atoms with Gasteiger partial charge in [-0.3, -0.25) is 0 Å². The van der Waals surface area contributed by atoms with Gasteiger partial charge in [-0.15, -0.1) is 0 Å². The second-order valence-electron chi connectivity index (χ2n) is 6.27. The number of aromatic nitrogens is 2. The summed E-state index contributed by atoms with van der Waals surface area (Å²) >= 11 is 0. The minimum absolute atomic E-state index is 0.0149. The number of nitrogens with one attached hydrogen (secondary N) is 1. The van der Waals surface area contributed by atoms with Crippen LogP contribution >= 0.6 is 0 Å². The summed E-state index contributed by atoms with van der Waals surface area (Å²) in [4.78, 5) is 9.04. The first kappa shape index (κ1) is 16.7. The van der Waals surface area contributed by atoms with E-state index < -0.39 is 9.84 Å². The minimum Gasteiger partial charge on any atom is -0.368 e. The van der Waals surface area contributed by atoms with Crippen LogP contribution in [0.5, 0.6) is 0 Å². The SMILES string of the molecule is C[C@@H](Nc1nc(N)nc2c1CCCC2)c1ccc(S(C)(=O)=O)cc1. The zero-order valence-electron chi connectivity index (χ0n) is 13.9. The van der Waals surface area contributed by atoms with Crippen molar-refractivity contribution in [3.05, 3.63) is 41.1 Å². The summed E-state index contributed by atoms with van der Waals surface area (Å²) in [5.74, 6) is 1.08. The summed E-state index contributed by atoms with van der Waals surface area (Å²) in [6.45, 7) is 2.02. The minimum atomic E-state index is -3.18. The van der Waals surface area contributed by atoms with Gasteiger partial charge in [-0.1, -0.05) is 12.1 Å². The van der Waals surface area contributed by atoms with Gasteiger partial charge in [-0.25, -0.2) is 13.4 Å². The topological polar surface area (TPSA) is 98.0 Å². The van der Waals surface area contributed by atoms with Gasteiger partial charge in [0.1, 0.15) is 5.82 Å². The first-order valence-corrected chi connectivity index (χ1v) is 9.95. The number of nitrogens with two attached hydrogens (primary N) is 1. The predicted octanol–water partition coefficient (Wildman–Crippen LogP) is 2.51. The highest BCUT2D eigenvalue weighted by Crippen LogP contribution is 2.29. The number of rotatable bonds is 4. The molecular weight excluding hydrogens is 324 g/mol. The van der Waals surface area contributed by atoms with E-state index in [-0.39, 0.29) is 12.0 Å². The number of sulfone groups is 1. The standard InChI is InChI=1S/C17H22N4O2S/c1-11(12-7-9-13(10-8-12)24(2,22)23)19-16-14-5-3-4-6-15(14)20-17(18)21-16/h7-11H,3-6H2,1-2H3,(H3,18,19,20,21)/t11-/m1/s1. The maximum absolute atomic E-state index is 11.6. The number of anilines is 2. The van der Waals surface area contributed by atoms with Crippen molar-refractivity contribution in [3.8, 4) is 0 Å². The molecule has 1 aromatic heterocycles. The molecule has 0 amide bonds. The van der Waals surface area contributed by atoms with E-state index in [0.717, 1.165) is 48.3 Å². The van der Waals surface area contributed by atoms with E-state index in [1.165, 1.54) is 6.26 Å². The molecule has 0 saturated carbocycles. The molecule has 3 rings (SSSR count). The smallest absolute Gasteiger partial charge is 0.222 e. The van der Waals surface area contributed by atoms with Crippen molar-refractivity contribution in [1.29, 1.82) is 0 Å². The van der Waals surface area contributed by atoms with Crippen molar-refractivity contribution < 1.29 is 8.42 Å². The Kier molecular flexibility index (Phi) is 4.45. The van der Waals surface area contributed by atoms with Gasteiger partial charge in [0, 0.05) is 17.9 Å². The van der Waals surface area contributed by atoms with Crippen molar-refractivity contribution in [2.45, 2.75) is 43.5 Å². The Morgan fingerprint density at radius 3 is 2.46 bits per heavy atom. The fourth-order valence-corrected chi connectivity index (χ4v) is 3.66. The van der Waals surface area contributed by atoms with Gasteiger partial charge < -0.3 is 11.1 Å². The number of aryl methyl sites for hydroxylation is 1. The van der Waals surface area contributed by atoms with Gasteiger partial charge in [0.25, 0.3) is 0 Å². The summed E-state index contributed by atoms with van der Waals surface area (Å²) in [7, 11) is -3.18. The highest BCUT2D eigenvalue weighted by atomic mass is 32.2. The molecule has 1 aliphatic rings. The van der Waals surface area contributed by atoms with Crippen LogP contribution in [-0.2, 0) is 22.7 Å². The third kappa shape index (κ3) is 3.51. The fourth-order valence-electron chi connectivity index (χ4n) is 3.02. The van der Waals surface area contributed by atoms with Crippen molar-refractivity contribution in [2.75, 3.05) is 17.3 Å². The quantitative estimate of drug-likeness (QED) is 0.883. The van der Waals surface area contributed by atoms with Crippen LogP contribution in [0.3, 0.4) is 0 Å². The molecule has 0 fully saturated rings. The summed E-state index contributed by atoms with van der Waals surface area (Å²) in [6.07, 6.45) is 5.36. The Hall–Kier alpha value is -2.15. The number of fused-ring (bicyclic) bond motifs is 1. The van der Waals surface area contributed by atoms with Crippen LogP contribution in [0, 0.1) is 0 Å². The van der Waals surface area contributed by atoms with Crippen molar-refractivity contribution in [3.63, 3.8) is 0 Å². The van der Waals surface area contributed by atoms with Crippen LogP contribution in [0.15, 0.2) is 29.2 Å². The molecule has 0 spiro atoms. The average Bonchev–Trinajstić information content (AvgIpc) is 2.54. The molecule has 128 valence electrons. The first-order chi connectivity index (χ1) is 11.3. The number of hydrogen-bond acceptors (Lipinski definition) is 6. The van der Waals surface area contributed by atoms with Crippen LogP contribution in [-0.4, -0.2) is 24.6 Å². The predicted molar refractivity (Wildman–Crippen MR) is 94.7 cm³/mol. The molecule has 0 aliphatic heterocycles. The van der Waals surface area contributed by atoms with Gasteiger partial charge in [0.15, 0.2) is 9.84 Å². The Bertz CT molecular complexity index is 848. The molecule has 6 nitrogen and oxygen atoms in total. The lowest BCUT2D eigenvalue weighted by Gasteiger charge is -2.22. The van der Waals surface area contributed by atoms with Gasteiger partial charge in [0.05, 0.1) is 10.6 Å². The maximum Gasteiger partial charge on any atom is 0.222 e. The molecule has 2 aromatic rings. The van der Waals surface area contributed by atoms with Crippen LogP contribution < -0.4 is 11.1 Å². The molecule has 1 heterocycles. The Balaban J connectivity index is 1.85. The monoisotopic (exact) mass is 346 g/mol. The summed E-state index contributed by atoms with van der Waals surface area (Å²) in [5, 5.41) is 3.40. The van der Waals surface area contributed by atoms with Crippen LogP contribution in [0.2, 0.25) is 0 Å². The highest BCUT2D eigenvalue weighted by Gasteiger charge is 2.19. The molecule has 1 aliphatic carbocycles. The Morgan fingerprint density at radius 1 is 1.12 bits per heavy atom. The lowest BCUT2D eigenvalue weighted by Crippen LogP contribution is -2.16. The first-order valence-electron chi connectivity index (χ1n) is 8.06. The normalized spacial score (nSPS) is 15.6. The zero-order valence-corrected chi connectivity index (χ0v) is 14.7. The van der Waals surface area contributed by atoms with Gasteiger partial charge in [-0.05, 0) is 50.3 Å². The Morgan fingerprint density at radius 2 is 1.79 bits per heavy atom. The van der Waals surface area contributed by atoms with E-state index in [2.05, 4.69) is 15.3 Å². The Labute approximate surface area is 142 Å². The molecule has 1 atom stereocenters. The van der Waals surface area contributed by atoms with Gasteiger partial charge >= 0.3 is 0 Å². The molecule has 0 saturated heterocycles. The molecule has 0 radical (unpaired) electrons. The zero-order chi connectivity index (χ0) is 17.3. The van der Waals surface area contributed by atoms with E-state index in [9.17, 15) is 8.42 Å². The van der Waals surface area contributed by atoms with Crippen LogP contribution in [0.4, 0.5) is 11.8 Å². The van der Waals surface area contributed by atoms with Crippen LogP contribution in [0.1, 0.15) is 42.6 Å². The number of hydrogen-bond donors (Lipinski definition) is 2. The molecule has 1 aromatic carbocycles. The molecule has 0 bridgehead atoms. The van der Waals surface area contributed by atoms with Gasteiger partial charge in [-0.2, -0.15) is 4.98 Å². The maximum atomic E-state index is 11.6. The summed E-state index contributed by atoms with van der Waals surface area (Å²) in [6, 6.07) is 6.90. The van der Waals surface area contributed by atoms with Crippen molar-refractivity contribution in [2.24, 2.45) is 0 Å². The van der Waals surface area contributed by atoms with Crippen molar-refractivity contribution >= 4 is 21.6 Å².